The number of nitro groups is 1. The van der Waals surface area contributed by atoms with Crippen molar-refractivity contribution < 1.29 is 13.3 Å². The molecule has 0 fully saturated rings. The van der Waals surface area contributed by atoms with Gasteiger partial charge in [-0.15, -0.1) is 0 Å². The number of sulfonamides is 1. The zero-order valence-electron chi connectivity index (χ0n) is 13.1. The van der Waals surface area contributed by atoms with Crippen molar-refractivity contribution in [3.63, 3.8) is 0 Å². The fraction of sp³-hybridized carbons (Fsp3) is 0.250. The van der Waals surface area contributed by atoms with Gasteiger partial charge in [0.2, 0.25) is 10.0 Å². The average molecular weight is 334 g/mol. The van der Waals surface area contributed by atoms with Gasteiger partial charge in [0.1, 0.15) is 0 Å². The largest absolute Gasteiger partial charge is 0.269 e. The van der Waals surface area contributed by atoms with Crippen molar-refractivity contribution in [3.8, 4) is 11.1 Å². The maximum Gasteiger partial charge on any atom is 0.269 e. The van der Waals surface area contributed by atoms with Gasteiger partial charge >= 0.3 is 0 Å². The molecular weight excluding hydrogens is 316 g/mol. The van der Waals surface area contributed by atoms with Crippen molar-refractivity contribution in [2.45, 2.75) is 31.2 Å². The molecule has 0 bridgehead atoms. The lowest BCUT2D eigenvalue weighted by Crippen LogP contribution is -2.40. The number of benzene rings is 2. The van der Waals surface area contributed by atoms with Crippen molar-refractivity contribution in [1.82, 2.24) is 4.72 Å². The predicted molar refractivity (Wildman–Crippen MR) is 88.6 cm³/mol. The smallest absolute Gasteiger partial charge is 0.258 e. The van der Waals surface area contributed by atoms with Crippen molar-refractivity contribution in [1.29, 1.82) is 0 Å². The third-order valence-electron chi connectivity index (χ3n) is 3.01. The van der Waals surface area contributed by atoms with Gasteiger partial charge in [-0.3, -0.25) is 10.1 Å². The SMILES string of the molecule is CC(C)(C)NS(=O)(=O)c1ccccc1-c1ccc([N+](=O)[O-])cc1. The first-order valence-corrected chi connectivity index (χ1v) is 8.46. The Bertz CT molecular complexity index is 822. The van der Waals surface area contributed by atoms with Crippen LogP contribution in [0.2, 0.25) is 0 Å². The minimum atomic E-state index is -3.71. The molecule has 122 valence electrons. The minimum Gasteiger partial charge on any atom is -0.258 e. The van der Waals surface area contributed by atoms with Gasteiger partial charge in [-0.05, 0) is 44.5 Å². The van der Waals surface area contributed by atoms with Crippen LogP contribution in [0.3, 0.4) is 0 Å². The standard InChI is InChI=1S/C16H18N2O4S/c1-16(2,3)17-23(21,22)15-7-5-4-6-14(15)12-8-10-13(11-9-12)18(19)20/h4-11,17H,1-3H3. The van der Waals surface area contributed by atoms with Gasteiger partial charge in [-0.2, -0.15) is 0 Å². The van der Waals surface area contributed by atoms with Gasteiger partial charge in [0, 0.05) is 23.2 Å². The molecule has 2 rings (SSSR count). The normalized spacial score (nSPS) is 12.1. The van der Waals surface area contributed by atoms with E-state index in [2.05, 4.69) is 4.72 Å². The summed E-state index contributed by atoms with van der Waals surface area (Å²) in [6, 6.07) is 12.4. The molecule has 0 amide bonds. The summed E-state index contributed by atoms with van der Waals surface area (Å²) in [5, 5.41) is 10.7. The quantitative estimate of drug-likeness (QED) is 0.686. The summed E-state index contributed by atoms with van der Waals surface area (Å²) in [6.45, 7) is 5.29. The topological polar surface area (TPSA) is 89.3 Å². The van der Waals surface area contributed by atoms with E-state index in [-0.39, 0.29) is 10.6 Å². The molecule has 0 saturated carbocycles. The summed E-state index contributed by atoms with van der Waals surface area (Å²) in [7, 11) is -3.71. The first-order valence-electron chi connectivity index (χ1n) is 6.98. The van der Waals surface area contributed by atoms with Crippen LogP contribution in [-0.2, 0) is 10.0 Å². The Kier molecular flexibility index (Phi) is 4.53. The molecule has 2 aromatic carbocycles. The van der Waals surface area contributed by atoms with Crippen LogP contribution < -0.4 is 4.72 Å². The Hall–Kier alpha value is -2.25. The fourth-order valence-corrected chi connectivity index (χ4v) is 3.81. The summed E-state index contributed by atoms with van der Waals surface area (Å²) in [5.74, 6) is 0. The molecule has 2 aromatic rings. The molecule has 1 N–H and O–H groups in total. The molecule has 7 heteroatoms. The first-order chi connectivity index (χ1) is 10.6. The van der Waals surface area contributed by atoms with Gasteiger partial charge in [-0.1, -0.05) is 18.2 Å². The average Bonchev–Trinajstić information content (AvgIpc) is 2.45. The molecule has 0 aliphatic rings. The maximum atomic E-state index is 12.6. The second kappa shape index (κ2) is 6.10. The molecule has 0 heterocycles. The van der Waals surface area contributed by atoms with Gasteiger partial charge in [0.25, 0.3) is 5.69 Å². The summed E-state index contributed by atoms with van der Waals surface area (Å²) in [4.78, 5) is 10.4. The second-order valence-corrected chi connectivity index (χ2v) is 7.81. The Labute approximate surface area is 135 Å². The summed E-state index contributed by atoms with van der Waals surface area (Å²) < 4.78 is 27.8. The number of hydrogen-bond acceptors (Lipinski definition) is 4. The Morgan fingerprint density at radius 2 is 1.57 bits per heavy atom. The molecule has 0 aromatic heterocycles. The number of non-ortho nitro benzene ring substituents is 1. The lowest BCUT2D eigenvalue weighted by Gasteiger charge is -2.21. The van der Waals surface area contributed by atoms with E-state index in [4.69, 9.17) is 0 Å². The third-order valence-corrected chi connectivity index (χ3v) is 4.82. The van der Waals surface area contributed by atoms with Gasteiger partial charge in [0.15, 0.2) is 0 Å². The zero-order chi connectivity index (χ0) is 17.3. The zero-order valence-corrected chi connectivity index (χ0v) is 13.9. The summed E-state index contributed by atoms with van der Waals surface area (Å²) >= 11 is 0. The van der Waals surface area contributed by atoms with E-state index in [1.54, 1.807) is 51.1 Å². The Morgan fingerprint density at radius 3 is 2.09 bits per heavy atom. The van der Waals surface area contributed by atoms with E-state index in [0.29, 0.717) is 11.1 Å². The van der Waals surface area contributed by atoms with Gasteiger partial charge in [0.05, 0.1) is 9.82 Å². The molecule has 23 heavy (non-hydrogen) atoms. The van der Waals surface area contributed by atoms with E-state index < -0.39 is 20.5 Å². The van der Waals surface area contributed by atoms with Crippen LogP contribution in [0.5, 0.6) is 0 Å². The van der Waals surface area contributed by atoms with Crippen LogP contribution in [0.4, 0.5) is 5.69 Å². The molecule has 6 nitrogen and oxygen atoms in total. The van der Waals surface area contributed by atoms with Crippen LogP contribution in [0, 0.1) is 10.1 Å². The second-order valence-electron chi connectivity index (χ2n) is 6.16. The molecular formula is C16H18N2O4S. The molecule has 0 unspecified atom stereocenters. The number of hydrogen-bond donors (Lipinski definition) is 1. The van der Waals surface area contributed by atoms with Crippen LogP contribution in [0.15, 0.2) is 53.4 Å². The molecule has 0 radical (unpaired) electrons. The number of nitrogens with zero attached hydrogens (tertiary/aromatic N) is 1. The van der Waals surface area contributed by atoms with Crippen LogP contribution in [0.25, 0.3) is 11.1 Å². The van der Waals surface area contributed by atoms with Gasteiger partial charge < -0.3 is 0 Å². The van der Waals surface area contributed by atoms with Crippen LogP contribution in [0.1, 0.15) is 20.8 Å². The number of nitrogens with one attached hydrogen (secondary N) is 1. The Balaban J connectivity index is 2.51. The summed E-state index contributed by atoms with van der Waals surface area (Å²) in [6.07, 6.45) is 0. The van der Waals surface area contributed by atoms with Crippen molar-refractivity contribution in [2.24, 2.45) is 0 Å². The van der Waals surface area contributed by atoms with Crippen LogP contribution in [-0.4, -0.2) is 18.9 Å². The lowest BCUT2D eigenvalue weighted by molar-refractivity contribution is -0.384. The fourth-order valence-electron chi connectivity index (χ4n) is 2.16. The first kappa shape index (κ1) is 17.1. The van der Waals surface area contributed by atoms with Crippen molar-refractivity contribution in [3.05, 3.63) is 58.6 Å². The van der Waals surface area contributed by atoms with E-state index in [9.17, 15) is 18.5 Å². The van der Waals surface area contributed by atoms with E-state index in [1.165, 1.54) is 18.2 Å². The molecule has 0 atom stereocenters. The predicted octanol–water partition coefficient (Wildman–Crippen LogP) is 3.34. The highest BCUT2D eigenvalue weighted by Gasteiger charge is 2.24. The molecule has 0 saturated heterocycles. The minimum absolute atomic E-state index is 0.0399. The van der Waals surface area contributed by atoms with Crippen LogP contribution >= 0.6 is 0 Å². The van der Waals surface area contributed by atoms with E-state index in [1.807, 2.05) is 0 Å². The molecule has 0 aliphatic heterocycles. The third kappa shape index (κ3) is 4.14. The van der Waals surface area contributed by atoms with E-state index >= 15 is 0 Å². The van der Waals surface area contributed by atoms with E-state index in [0.717, 1.165) is 0 Å². The highest BCUT2D eigenvalue weighted by atomic mass is 32.2. The number of rotatable bonds is 4. The molecule has 0 aliphatic carbocycles. The van der Waals surface area contributed by atoms with Crippen molar-refractivity contribution in [2.75, 3.05) is 0 Å². The maximum absolute atomic E-state index is 12.6. The summed E-state index contributed by atoms with van der Waals surface area (Å²) in [5.41, 5.74) is 0.452. The number of nitro benzene ring substituents is 1. The van der Waals surface area contributed by atoms with Gasteiger partial charge in [-0.25, -0.2) is 13.1 Å². The van der Waals surface area contributed by atoms with Crippen molar-refractivity contribution >= 4 is 15.7 Å². The highest BCUT2D eigenvalue weighted by Crippen LogP contribution is 2.29. The highest BCUT2D eigenvalue weighted by molar-refractivity contribution is 7.89. The molecule has 0 spiro atoms. The Morgan fingerprint density at radius 1 is 1.00 bits per heavy atom. The monoisotopic (exact) mass is 334 g/mol. The lowest BCUT2D eigenvalue weighted by atomic mass is 10.1.